The van der Waals surface area contributed by atoms with Gasteiger partial charge in [0.25, 0.3) is 0 Å². The van der Waals surface area contributed by atoms with Crippen LogP contribution < -0.4 is 5.32 Å². The van der Waals surface area contributed by atoms with Crippen molar-refractivity contribution in [3.63, 3.8) is 0 Å². The van der Waals surface area contributed by atoms with Gasteiger partial charge in [0.1, 0.15) is 4.60 Å². The maximum atomic E-state index is 4.17. The van der Waals surface area contributed by atoms with Crippen molar-refractivity contribution in [1.29, 1.82) is 0 Å². The van der Waals surface area contributed by atoms with Gasteiger partial charge in [0.05, 0.1) is 5.69 Å². The molecule has 88 valence electrons. The van der Waals surface area contributed by atoms with Crippen LogP contribution in [0.5, 0.6) is 0 Å². The summed E-state index contributed by atoms with van der Waals surface area (Å²) in [5.74, 6) is 0. The van der Waals surface area contributed by atoms with Crippen molar-refractivity contribution in [2.24, 2.45) is 0 Å². The van der Waals surface area contributed by atoms with E-state index >= 15 is 0 Å². The summed E-state index contributed by atoms with van der Waals surface area (Å²) in [5, 5.41) is 3.35. The van der Waals surface area contributed by atoms with Crippen LogP contribution in [0.3, 0.4) is 0 Å². The van der Waals surface area contributed by atoms with Crippen LogP contribution in [0.25, 0.3) is 0 Å². The summed E-state index contributed by atoms with van der Waals surface area (Å²) >= 11 is 6.99. The molecule has 0 fully saturated rings. The van der Waals surface area contributed by atoms with Gasteiger partial charge in [-0.15, -0.1) is 0 Å². The minimum absolute atomic E-state index is 0.769. The second-order valence-electron chi connectivity index (χ2n) is 3.79. The molecule has 2 nitrogen and oxygen atoms in total. The molecule has 0 aliphatic carbocycles. The normalized spacial score (nSPS) is 10.3. The number of pyridine rings is 1. The lowest BCUT2D eigenvalue weighted by molar-refractivity contribution is 1.11. The van der Waals surface area contributed by atoms with Gasteiger partial charge in [-0.2, -0.15) is 0 Å². The zero-order chi connectivity index (χ0) is 12.3. The molecular formula is C13H12Br2N2. The second kappa shape index (κ2) is 5.65. The molecule has 1 N–H and O–H groups in total. The number of benzene rings is 1. The first kappa shape index (κ1) is 12.6. The number of rotatable bonds is 3. The molecule has 0 saturated carbocycles. The van der Waals surface area contributed by atoms with Gasteiger partial charge < -0.3 is 5.32 Å². The molecule has 0 spiro atoms. The Bertz CT molecular complexity index is 527. The Morgan fingerprint density at radius 1 is 1.24 bits per heavy atom. The third-order valence-electron chi connectivity index (χ3n) is 2.44. The summed E-state index contributed by atoms with van der Waals surface area (Å²) in [7, 11) is 0. The molecule has 0 unspecified atom stereocenters. The number of nitrogens with one attached hydrogen (secondary N) is 1. The fourth-order valence-electron chi connectivity index (χ4n) is 1.50. The molecule has 0 radical (unpaired) electrons. The molecule has 2 aromatic rings. The Labute approximate surface area is 118 Å². The molecular weight excluding hydrogens is 344 g/mol. The van der Waals surface area contributed by atoms with E-state index in [1.807, 2.05) is 12.1 Å². The zero-order valence-corrected chi connectivity index (χ0v) is 12.5. The quantitative estimate of drug-likeness (QED) is 0.818. The van der Waals surface area contributed by atoms with Crippen LogP contribution in [0.1, 0.15) is 11.1 Å². The largest absolute Gasteiger partial charge is 0.379 e. The molecule has 0 aliphatic heterocycles. The van der Waals surface area contributed by atoms with E-state index in [2.05, 4.69) is 67.3 Å². The summed E-state index contributed by atoms with van der Waals surface area (Å²) in [6.45, 7) is 2.85. The third kappa shape index (κ3) is 3.30. The van der Waals surface area contributed by atoms with E-state index < -0.39 is 0 Å². The van der Waals surface area contributed by atoms with E-state index in [9.17, 15) is 0 Å². The fraction of sp³-hybridized carbons (Fsp3) is 0.154. The number of hydrogen-bond acceptors (Lipinski definition) is 2. The Hall–Kier alpha value is -0.870. The van der Waals surface area contributed by atoms with Gasteiger partial charge in [-0.3, -0.25) is 0 Å². The Kier molecular flexibility index (Phi) is 4.18. The lowest BCUT2D eigenvalue weighted by Crippen LogP contribution is -2.01. The number of aryl methyl sites for hydroxylation is 1. The topological polar surface area (TPSA) is 24.9 Å². The lowest BCUT2D eigenvalue weighted by Gasteiger charge is -2.09. The number of nitrogens with zero attached hydrogens (tertiary/aromatic N) is 1. The maximum absolute atomic E-state index is 4.17. The van der Waals surface area contributed by atoms with Crippen molar-refractivity contribution >= 4 is 37.5 Å². The van der Waals surface area contributed by atoms with Gasteiger partial charge in [-0.25, -0.2) is 4.98 Å². The minimum Gasteiger partial charge on any atom is -0.379 e. The van der Waals surface area contributed by atoms with Crippen molar-refractivity contribution in [2.75, 3.05) is 5.32 Å². The van der Waals surface area contributed by atoms with Crippen LogP contribution >= 0.6 is 31.9 Å². The number of halogens is 2. The second-order valence-corrected chi connectivity index (χ2v) is 5.40. The first-order valence-corrected chi connectivity index (χ1v) is 6.85. The SMILES string of the molecule is Cc1ccc(CNc2cccnc2Br)c(Br)c1. The van der Waals surface area contributed by atoms with E-state index in [0.29, 0.717) is 0 Å². The van der Waals surface area contributed by atoms with Gasteiger partial charge >= 0.3 is 0 Å². The predicted octanol–water partition coefficient (Wildman–Crippen LogP) is 4.53. The average molecular weight is 356 g/mol. The van der Waals surface area contributed by atoms with Crippen molar-refractivity contribution < 1.29 is 0 Å². The molecule has 4 heteroatoms. The predicted molar refractivity (Wildman–Crippen MR) is 78.1 cm³/mol. The minimum atomic E-state index is 0.769. The van der Waals surface area contributed by atoms with E-state index in [0.717, 1.165) is 21.3 Å². The monoisotopic (exact) mass is 354 g/mol. The van der Waals surface area contributed by atoms with E-state index in [-0.39, 0.29) is 0 Å². The van der Waals surface area contributed by atoms with Crippen LogP contribution in [0.2, 0.25) is 0 Å². The highest BCUT2D eigenvalue weighted by atomic mass is 79.9. The average Bonchev–Trinajstić information content (AvgIpc) is 2.30. The van der Waals surface area contributed by atoms with Gasteiger partial charge in [0.2, 0.25) is 0 Å². The smallest absolute Gasteiger partial charge is 0.129 e. The highest BCUT2D eigenvalue weighted by Crippen LogP contribution is 2.22. The highest BCUT2D eigenvalue weighted by Gasteiger charge is 2.02. The first-order chi connectivity index (χ1) is 8.16. The summed E-state index contributed by atoms with van der Waals surface area (Å²) in [6.07, 6.45) is 1.76. The number of hydrogen-bond donors (Lipinski definition) is 1. The molecule has 17 heavy (non-hydrogen) atoms. The van der Waals surface area contributed by atoms with E-state index in [4.69, 9.17) is 0 Å². The van der Waals surface area contributed by atoms with Gasteiger partial charge in [0.15, 0.2) is 0 Å². The molecule has 0 saturated heterocycles. The van der Waals surface area contributed by atoms with Crippen LogP contribution in [0.15, 0.2) is 45.6 Å². The molecule has 0 bridgehead atoms. The maximum Gasteiger partial charge on any atom is 0.129 e. The first-order valence-electron chi connectivity index (χ1n) is 5.26. The number of anilines is 1. The van der Waals surface area contributed by atoms with Gasteiger partial charge in [-0.05, 0) is 52.2 Å². The molecule has 1 aromatic heterocycles. The summed E-state index contributed by atoms with van der Waals surface area (Å²) < 4.78 is 1.97. The standard InChI is InChI=1S/C13H12Br2N2/c1-9-4-5-10(11(14)7-9)8-17-12-3-2-6-16-13(12)15/h2-7,17H,8H2,1H3. The van der Waals surface area contributed by atoms with Crippen molar-refractivity contribution in [1.82, 2.24) is 4.98 Å². The van der Waals surface area contributed by atoms with Crippen LogP contribution in [-0.4, -0.2) is 4.98 Å². The van der Waals surface area contributed by atoms with Crippen molar-refractivity contribution in [3.05, 3.63) is 56.7 Å². The molecule has 0 amide bonds. The van der Waals surface area contributed by atoms with E-state index in [1.165, 1.54) is 11.1 Å². The van der Waals surface area contributed by atoms with Crippen molar-refractivity contribution in [3.8, 4) is 0 Å². The summed E-state index contributed by atoms with van der Waals surface area (Å²) in [4.78, 5) is 4.17. The summed E-state index contributed by atoms with van der Waals surface area (Å²) in [6, 6.07) is 10.3. The van der Waals surface area contributed by atoms with Crippen LogP contribution in [0.4, 0.5) is 5.69 Å². The molecule has 0 atom stereocenters. The van der Waals surface area contributed by atoms with Crippen LogP contribution in [-0.2, 0) is 6.54 Å². The Morgan fingerprint density at radius 3 is 2.76 bits per heavy atom. The molecule has 2 rings (SSSR count). The molecule has 1 heterocycles. The number of aromatic nitrogens is 1. The lowest BCUT2D eigenvalue weighted by atomic mass is 10.1. The van der Waals surface area contributed by atoms with E-state index in [1.54, 1.807) is 6.20 Å². The highest BCUT2D eigenvalue weighted by molar-refractivity contribution is 9.10. The Morgan fingerprint density at radius 2 is 2.06 bits per heavy atom. The Balaban J connectivity index is 2.10. The third-order valence-corrected chi connectivity index (χ3v) is 3.81. The van der Waals surface area contributed by atoms with Gasteiger partial charge in [0, 0.05) is 17.2 Å². The molecule has 0 aliphatic rings. The van der Waals surface area contributed by atoms with Gasteiger partial charge in [-0.1, -0.05) is 28.1 Å². The van der Waals surface area contributed by atoms with Crippen LogP contribution in [0, 0.1) is 6.92 Å². The fourth-order valence-corrected chi connectivity index (χ4v) is 2.53. The zero-order valence-electron chi connectivity index (χ0n) is 9.37. The van der Waals surface area contributed by atoms with Crippen molar-refractivity contribution in [2.45, 2.75) is 13.5 Å². The summed E-state index contributed by atoms with van der Waals surface area (Å²) in [5.41, 5.74) is 3.48. The molecule has 1 aromatic carbocycles.